The molecule has 2 bridgehead atoms. The third-order valence-electron chi connectivity index (χ3n) is 9.48. The highest BCUT2D eigenvalue weighted by Gasteiger charge is 2.86. The van der Waals surface area contributed by atoms with Gasteiger partial charge in [0.2, 0.25) is 5.91 Å². The predicted molar refractivity (Wildman–Crippen MR) is 132 cm³/mol. The molecule has 4 atom stereocenters. The fourth-order valence-corrected chi connectivity index (χ4v) is 23.6. The zero-order chi connectivity index (χ0) is 22.8. The largest absolute Gasteiger partial charge is 0.454 e. The first-order chi connectivity index (χ1) is 14.2. The molecule has 1 radical (unpaired) electrons. The van der Waals surface area contributed by atoms with Crippen LogP contribution >= 0.6 is 0 Å². The molecular formula is C26H38NO2Si2. The number of allylic oxidation sites excluding steroid dienone is 1. The van der Waals surface area contributed by atoms with Crippen molar-refractivity contribution in [3.63, 3.8) is 0 Å². The Morgan fingerprint density at radius 2 is 1.74 bits per heavy atom. The summed E-state index contributed by atoms with van der Waals surface area (Å²) in [6.45, 7) is 18.4. The molecule has 5 rings (SSSR count). The van der Waals surface area contributed by atoms with Gasteiger partial charge >= 0.3 is 0 Å². The molecule has 3 nitrogen and oxygen atoms in total. The quantitative estimate of drug-likeness (QED) is 0.506. The molecule has 1 saturated heterocycles. The summed E-state index contributed by atoms with van der Waals surface area (Å²) in [4.78, 5) is 13.6. The molecule has 0 aromatic heterocycles. The zero-order valence-electron chi connectivity index (χ0n) is 20.5. The summed E-state index contributed by atoms with van der Waals surface area (Å²) in [5.41, 5.74) is 15.8. The Hall–Kier alpha value is -1.18. The van der Waals surface area contributed by atoms with Gasteiger partial charge in [-0.25, -0.2) is 0 Å². The molecule has 5 heteroatoms. The third-order valence-corrected chi connectivity index (χ3v) is 19.7. The summed E-state index contributed by atoms with van der Waals surface area (Å²) in [5, 5.41) is -0.860. The predicted octanol–water partition coefficient (Wildman–Crippen LogP) is 6.14. The third kappa shape index (κ3) is 2.31. The maximum atomic E-state index is 13.6. The highest BCUT2D eigenvalue weighted by molar-refractivity contribution is 6.96. The van der Waals surface area contributed by atoms with Crippen molar-refractivity contribution in [2.24, 2.45) is 11.8 Å². The number of hydrogen-bond donors (Lipinski definition) is 0. The van der Waals surface area contributed by atoms with E-state index < -0.39 is 21.7 Å². The molecule has 4 unspecified atom stereocenters. The van der Waals surface area contributed by atoms with Gasteiger partial charge in [-0.2, -0.15) is 0 Å². The summed E-state index contributed by atoms with van der Waals surface area (Å²) in [6, 6.07) is 4.86. The van der Waals surface area contributed by atoms with Crippen LogP contribution in [0.1, 0.15) is 69.2 Å². The summed E-state index contributed by atoms with van der Waals surface area (Å²) >= 11 is 0. The fraction of sp³-hybridized carbons (Fsp3) is 0.654. The molecule has 1 heterocycles. The van der Waals surface area contributed by atoms with Crippen LogP contribution in [0.15, 0.2) is 17.7 Å². The second-order valence-electron chi connectivity index (χ2n) is 12.8. The van der Waals surface area contributed by atoms with Gasteiger partial charge in [0.25, 0.3) is 0 Å². The van der Waals surface area contributed by atoms with Crippen molar-refractivity contribution in [1.29, 1.82) is 0 Å². The monoisotopic (exact) mass is 452 g/mol. The lowest BCUT2D eigenvalue weighted by atomic mass is 9.69. The van der Waals surface area contributed by atoms with Crippen molar-refractivity contribution in [2.75, 3.05) is 0 Å². The molecule has 1 N–H and O–H groups in total. The first-order valence-corrected chi connectivity index (χ1v) is 17.8. The van der Waals surface area contributed by atoms with Gasteiger partial charge in [0.15, 0.2) is 16.6 Å². The van der Waals surface area contributed by atoms with Gasteiger partial charge in [-0.1, -0.05) is 44.6 Å². The zero-order valence-corrected chi connectivity index (χ0v) is 22.5. The van der Waals surface area contributed by atoms with Gasteiger partial charge in [-0.15, -0.1) is 0 Å². The van der Waals surface area contributed by atoms with Gasteiger partial charge in [-0.05, 0) is 98.3 Å². The van der Waals surface area contributed by atoms with E-state index in [0.717, 1.165) is 19.3 Å². The van der Waals surface area contributed by atoms with E-state index in [0.29, 0.717) is 11.8 Å². The highest BCUT2D eigenvalue weighted by Crippen LogP contribution is 2.81. The second kappa shape index (κ2) is 6.03. The Morgan fingerprint density at radius 1 is 1.10 bits per heavy atom. The van der Waals surface area contributed by atoms with Crippen LogP contribution in [0.4, 0.5) is 0 Å². The lowest BCUT2D eigenvalue weighted by Crippen LogP contribution is -2.62. The van der Waals surface area contributed by atoms with Crippen molar-refractivity contribution in [3.05, 3.63) is 40.0 Å². The maximum Gasteiger partial charge on any atom is 0.245 e. The average molecular weight is 453 g/mol. The van der Waals surface area contributed by atoms with Gasteiger partial charge in [0.1, 0.15) is 0 Å². The number of amides is 1. The SMILES string of the molecule is CC1=Cc2cc(C(C)(C)C)cc(C34C5CCC(C5)C3(C([NH])=O)[Si](C)(C)O[Si]4(C)C)c2C1. The summed E-state index contributed by atoms with van der Waals surface area (Å²) < 4.78 is 7.14. The number of carbonyl (C=O) groups is 1. The minimum Gasteiger partial charge on any atom is -0.454 e. The van der Waals surface area contributed by atoms with Gasteiger partial charge in [0, 0.05) is 5.04 Å². The van der Waals surface area contributed by atoms with E-state index >= 15 is 0 Å². The first kappa shape index (κ1) is 21.7. The first-order valence-electron chi connectivity index (χ1n) is 12.0. The van der Waals surface area contributed by atoms with Crippen molar-refractivity contribution in [3.8, 4) is 0 Å². The van der Waals surface area contributed by atoms with Crippen LogP contribution in [-0.2, 0) is 25.8 Å². The Bertz CT molecular complexity index is 1030. The molecule has 0 spiro atoms. The van der Waals surface area contributed by atoms with E-state index in [1.54, 1.807) is 0 Å². The van der Waals surface area contributed by atoms with Crippen LogP contribution in [-0.4, -0.2) is 22.5 Å². The molecule has 1 amide bonds. The van der Waals surface area contributed by atoms with E-state index in [1.807, 2.05) is 0 Å². The highest BCUT2D eigenvalue weighted by atomic mass is 28.4. The average Bonchev–Trinajstić information content (AvgIpc) is 3.31. The number of benzene rings is 1. The minimum atomic E-state index is -2.43. The Balaban J connectivity index is 1.92. The molecule has 1 aliphatic heterocycles. The van der Waals surface area contributed by atoms with Gasteiger partial charge in [0.05, 0.1) is 5.04 Å². The summed E-state index contributed by atoms with van der Waals surface area (Å²) in [6.07, 6.45) is 6.73. The molecule has 3 aliphatic carbocycles. The molecule has 167 valence electrons. The van der Waals surface area contributed by atoms with Gasteiger partial charge < -0.3 is 4.12 Å². The molecule has 2 saturated carbocycles. The number of nitrogens with one attached hydrogen (secondary N) is 1. The van der Waals surface area contributed by atoms with Crippen LogP contribution in [0.25, 0.3) is 6.08 Å². The number of hydrogen-bond acceptors (Lipinski definition) is 2. The Kier molecular flexibility index (Phi) is 4.21. The standard InChI is InChI=1S/C26H38NO2Si2/c1-16-11-17-13-20(24(2,3)4)15-22(21(17)12-16)25-18-9-10-19(14-18)26(25,23(27)28)31(7,8)29-30(25,5)6/h11,13,15,18-19,27H,9-10,12,14H2,1-8H3. The molecule has 1 aromatic rings. The van der Waals surface area contributed by atoms with Crippen LogP contribution < -0.4 is 5.73 Å². The van der Waals surface area contributed by atoms with E-state index in [2.05, 4.69) is 72.1 Å². The van der Waals surface area contributed by atoms with Crippen LogP contribution in [0.3, 0.4) is 0 Å². The summed E-state index contributed by atoms with van der Waals surface area (Å²) in [7, 11) is -4.77. The van der Waals surface area contributed by atoms with Gasteiger partial charge in [-0.3, -0.25) is 10.5 Å². The van der Waals surface area contributed by atoms with Crippen LogP contribution in [0.2, 0.25) is 31.2 Å². The second-order valence-corrected chi connectivity index (χ2v) is 21.2. The van der Waals surface area contributed by atoms with Crippen molar-refractivity contribution < 1.29 is 8.91 Å². The van der Waals surface area contributed by atoms with Crippen molar-refractivity contribution in [1.82, 2.24) is 5.73 Å². The van der Waals surface area contributed by atoms with E-state index in [-0.39, 0.29) is 16.4 Å². The summed E-state index contributed by atoms with van der Waals surface area (Å²) in [5.74, 6) is 0.484. The Morgan fingerprint density at radius 3 is 2.35 bits per heavy atom. The van der Waals surface area contributed by atoms with E-state index in [9.17, 15) is 4.79 Å². The minimum absolute atomic E-state index is 0.0358. The number of carbonyl (C=O) groups excluding carboxylic acids is 1. The number of fused-ring (bicyclic) bond motifs is 6. The molecular weight excluding hydrogens is 414 g/mol. The van der Waals surface area contributed by atoms with Crippen molar-refractivity contribution >= 4 is 28.6 Å². The van der Waals surface area contributed by atoms with Crippen LogP contribution in [0.5, 0.6) is 0 Å². The normalized spacial score (nSPS) is 37.0. The lowest BCUT2D eigenvalue weighted by molar-refractivity contribution is -0.124. The lowest BCUT2D eigenvalue weighted by Gasteiger charge is -2.53. The Labute approximate surface area is 190 Å². The molecule has 3 fully saturated rings. The van der Waals surface area contributed by atoms with Crippen LogP contribution in [0, 0.1) is 11.8 Å². The smallest absolute Gasteiger partial charge is 0.245 e. The van der Waals surface area contributed by atoms with Crippen molar-refractivity contribution in [2.45, 2.75) is 95.1 Å². The fourth-order valence-electron chi connectivity index (χ4n) is 8.94. The topological polar surface area (TPSA) is 50.1 Å². The van der Waals surface area contributed by atoms with E-state index in [4.69, 9.17) is 9.85 Å². The molecule has 31 heavy (non-hydrogen) atoms. The molecule has 4 aliphatic rings. The number of rotatable bonds is 2. The molecule has 1 aromatic carbocycles. The van der Waals surface area contributed by atoms with E-state index in [1.165, 1.54) is 34.2 Å². The maximum absolute atomic E-state index is 13.6.